The lowest BCUT2D eigenvalue weighted by Crippen LogP contribution is -2.42. The van der Waals surface area contributed by atoms with Crippen LogP contribution in [0, 0.1) is 11.8 Å². The van der Waals surface area contributed by atoms with Crippen molar-refractivity contribution in [3.63, 3.8) is 0 Å². The Morgan fingerprint density at radius 2 is 2.00 bits per heavy atom. The third-order valence-electron chi connectivity index (χ3n) is 2.89. The summed E-state index contributed by atoms with van der Waals surface area (Å²) in [5, 5.41) is 0. The van der Waals surface area contributed by atoms with Gasteiger partial charge in [-0.2, -0.15) is 13.2 Å². The Balaban J connectivity index is 2.53. The van der Waals surface area contributed by atoms with E-state index < -0.39 is 12.6 Å². The summed E-state index contributed by atoms with van der Waals surface area (Å²) in [6.45, 7) is 1.74. The van der Waals surface area contributed by atoms with Crippen LogP contribution in [0.4, 0.5) is 13.2 Å². The Bertz CT molecular complexity index is 181. The second-order valence-electron chi connectivity index (χ2n) is 4.13. The lowest BCUT2D eigenvalue weighted by Gasteiger charge is -2.36. The highest BCUT2D eigenvalue weighted by molar-refractivity contribution is 4.81. The second kappa shape index (κ2) is 4.49. The molecule has 0 spiro atoms. The number of hydrogen-bond acceptors (Lipinski definition) is 2. The van der Waals surface area contributed by atoms with E-state index in [-0.39, 0.29) is 11.8 Å². The zero-order valence-corrected chi connectivity index (χ0v) is 8.35. The highest BCUT2D eigenvalue weighted by Gasteiger charge is 2.37. The highest BCUT2D eigenvalue weighted by Crippen LogP contribution is 2.32. The first-order chi connectivity index (χ1) is 6.42. The van der Waals surface area contributed by atoms with E-state index in [1.165, 1.54) is 0 Å². The molecule has 0 aromatic rings. The largest absolute Gasteiger partial charge is 0.389 e. The van der Waals surface area contributed by atoms with Crippen LogP contribution in [0.15, 0.2) is 0 Å². The summed E-state index contributed by atoms with van der Waals surface area (Å²) in [5.41, 5.74) is 5.47. The van der Waals surface area contributed by atoms with Crippen molar-refractivity contribution in [3.05, 3.63) is 0 Å². The van der Waals surface area contributed by atoms with E-state index in [0.29, 0.717) is 13.1 Å². The van der Waals surface area contributed by atoms with E-state index in [4.69, 9.17) is 5.73 Å². The first kappa shape index (κ1) is 11.8. The topological polar surface area (TPSA) is 29.3 Å². The van der Waals surface area contributed by atoms with Crippen molar-refractivity contribution < 1.29 is 13.2 Å². The summed E-state index contributed by atoms with van der Waals surface area (Å²) in [4.78, 5) is 1.95. The number of likely N-dealkylation sites (tertiary alicyclic amines) is 1. The molecule has 0 saturated carbocycles. The minimum Gasteiger partial charge on any atom is -0.330 e. The van der Waals surface area contributed by atoms with Crippen molar-refractivity contribution in [2.24, 2.45) is 17.6 Å². The summed E-state index contributed by atoms with van der Waals surface area (Å²) < 4.78 is 36.7. The van der Waals surface area contributed by atoms with Gasteiger partial charge >= 0.3 is 6.18 Å². The molecule has 1 heterocycles. The molecule has 1 aliphatic rings. The first-order valence-corrected chi connectivity index (χ1v) is 4.87. The summed E-state index contributed by atoms with van der Waals surface area (Å²) >= 11 is 0. The van der Waals surface area contributed by atoms with Gasteiger partial charge in [0.1, 0.15) is 0 Å². The van der Waals surface area contributed by atoms with E-state index in [1.54, 1.807) is 0 Å². The van der Waals surface area contributed by atoms with Crippen molar-refractivity contribution in [3.8, 4) is 0 Å². The van der Waals surface area contributed by atoms with E-state index in [0.717, 1.165) is 13.0 Å². The van der Waals surface area contributed by atoms with Gasteiger partial charge in [-0.25, -0.2) is 0 Å². The predicted octanol–water partition coefficient (Wildman–Crippen LogP) is 1.47. The maximum Gasteiger partial charge on any atom is 0.389 e. The van der Waals surface area contributed by atoms with Gasteiger partial charge < -0.3 is 10.6 Å². The van der Waals surface area contributed by atoms with Gasteiger partial charge in [0.25, 0.3) is 0 Å². The number of nitrogens with zero attached hydrogens (tertiary/aromatic N) is 1. The number of halogens is 3. The van der Waals surface area contributed by atoms with E-state index in [9.17, 15) is 13.2 Å². The Hall–Kier alpha value is -0.290. The van der Waals surface area contributed by atoms with Crippen LogP contribution in [-0.2, 0) is 0 Å². The normalized spacial score (nSPS) is 30.6. The van der Waals surface area contributed by atoms with E-state index in [1.807, 2.05) is 11.9 Å². The van der Waals surface area contributed by atoms with Crippen LogP contribution in [0.5, 0.6) is 0 Å². The standard InChI is InChI=1S/C9H17F3N2/c1-14-3-2-7(5-13)8(6-14)4-9(10,11)12/h7-8H,2-6,13H2,1H3. The van der Waals surface area contributed by atoms with Gasteiger partial charge in [-0.05, 0) is 38.4 Å². The molecule has 0 aromatic heterocycles. The molecule has 0 amide bonds. The van der Waals surface area contributed by atoms with Crippen LogP contribution in [0.25, 0.3) is 0 Å². The number of piperidine rings is 1. The molecule has 2 unspecified atom stereocenters. The Morgan fingerprint density at radius 1 is 1.36 bits per heavy atom. The highest BCUT2D eigenvalue weighted by atomic mass is 19.4. The third-order valence-corrected chi connectivity index (χ3v) is 2.89. The molecule has 2 N–H and O–H groups in total. The van der Waals surface area contributed by atoms with Crippen LogP contribution in [0.2, 0.25) is 0 Å². The number of rotatable bonds is 2. The summed E-state index contributed by atoms with van der Waals surface area (Å²) in [6.07, 6.45) is -3.97. The van der Waals surface area contributed by atoms with Crippen molar-refractivity contribution >= 4 is 0 Å². The van der Waals surface area contributed by atoms with Crippen molar-refractivity contribution in [1.82, 2.24) is 4.90 Å². The molecule has 84 valence electrons. The molecule has 0 bridgehead atoms. The summed E-state index contributed by atoms with van der Waals surface area (Å²) in [7, 11) is 1.86. The molecule has 1 saturated heterocycles. The molecule has 1 fully saturated rings. The molecule has 2 atom stereocenters. The fraction of sp³-hybridized carbons (Fsp3) is 1.00. The van der Waals surface area contributed by atoms with Crippen LogP contribution in [0.1, 0.15) is 12.8 Å². The maximum atomic E-state index is 12.2. The molecular weight excluding hydrogens is 193 g/mol. The van der Waals surface area contributed by atoms with Crippen LogP contribution in [0.3, 0.4) is 0 Å². The third kappa shape index (κ3) is 3.46. The zero-order valence-electron chi connectivity index (χ0n) is 8.35. The molecule has 14 heavy (non-hydrogen) atoms. The number of alkyl halides is 3. The molecule has 1 rings (SSSR count). The Kier molecular flexibility index (Phi) is 3.78. The fourth-order valence-electron chi connectivity index (χ4n) is 2.10. The van der Waals surface area contributed by atoms with Gasteiger partial charge in [0.05, 0.1) is 0 Å². The van der Waals surface area contributed by atoms with E-state index >= 15 is 0 Å². The molecule has 1 aliphatic heterocycles. The van der Waals surface area contributed by atoms with Crippen LogP contribution < -0.4 is 5.73 Å². The molecule has 2 nitrogen and oxygen atoms in total. The van der Waals surface area contributed by atoms with Gasteiger partial charge in [-0.1, -0.05) is 0 Å². The number of hydrogen-bond donors (Lipinski definition) is 1. The molecule has 5 heteroatoms. The summed E-state index contributed by atoms with van der Waals surface area (Å²) in [5.74, 6) is -0.286. The van der Waals surface area contributed by atoms with Gasteiger partial charge in [0.15, 0.2) is 0 Å². The van der Waals surface area contributed by atoms with Crippen molar-refractivity contribution in [1.29, 1.82) is 0 Å². The lowest BCUT2D eigenvalue weighted by atomic mass is 9.83. The average molecular weight is 210 g/mol. The monoisotopic (exact) mass is 210 g/mol. The Morgan fingerprint density at radius 3 is 2.50 bits per heavy atom. The molecule has 0 aliphatic carbocycles. The SMILES string of the molecule is CN1CCC(CN)C(CC(F)(F)F)C1. The van der Waals surface area contributed by atoms with Gasteiger partial charge in [-0.15, -0.1) is 0 Å². The minimum atomic E-state index is -4.06. The van der Waals surface area contributed by atoms with Crippen molar-refractivity contribution in [2.45, 2.75) is 19.0 Å². The van der Waals surface area contributed by atoms with Crippen LogP contribution >= 0.6 is 0 Å². The smallest absolute Gasteiger partial charge is 0.330 e. The maximum absolute atomic E-state index is 12.2. The number of nitrogens with two attached hydrogens (primary N) is 1. The quantitative estimate of drug-likeness (QED) is 0.747. The molecular formula is C9H17F3N2. The summed E-state index contributed by atoms with van der Waals surface area (Å²) in [6, 6.07) is 0. The second-order valence-corrected chi connectivity index (χ2v) is 4.13. The minimum absolute atomic E-state index is 0.0350. The predicted molar refractivity (Wildman–Crippen MR) is 48.8 cm³/mol. The molecule has 0 aromatic carbocycles. The zero-order chi connectivity index (χ0) is 10.8. The van der Waals surface area contributed by atoms with Gasteiger partial charge in [0, 0.05) is 13.0 Å². The fourth-order valence-corrected chi connectivity index (χ4v) is 2.10. The van der Waals surface area contributed by atoms with E-state index in [2.05, 4.69) is 0 Å². The first-order valence-electron chi connectivity index (χ1n) is 4.87. The molecule has 0 radical (unpaired) electrons. The average Bonchev–Trinajstić information content (AvgIpc) is 2.01. The lowest BCUT2D eigenvalue weighted by molar-refractivity contribution is -0.152. The van der Waals surface area contributed by atoms with Gasteiger partial charge in [0.2, 0.25) is 0 Å². The van der Waals surface area contributed by atoms with Crippen molar-refractivity contribution in [2.75, 3.05) is 26.7 Å². The Labute approximate surface area is 82.2 Å². The van der Waals surface area contributed by atoms with Crippen LogP contribution in [-0.4, -0.2) is 37.8 Å². The van der Waals surface area contributed by atoms with Gasteiger partial charge in [-0.3, -0.25) is 0 Å².